The molecule has 0 fully saturated rings. The van der Waals surface area contributed by atoms with Gasteiger partial charge in [-0.3, -0.25) is 14.4 Å². The van der Waals surface area contributed by atoms with Crippen LogP contribution in [0.15, 0.2) is 0 Å². The number of hydrogen-bond donors (Lipinski definition) is 1. The Labute approximate surface area is 289 Å². The summed E-state index contributed by atoms with van der Waals surface area (Å²) in [5.41, 5.74) is -0.485. The van der Waals surface area contributed by atoms with Gasteiger partial charge in [-0.05, 0) is 20.8 Å². The molecule has 0 unspecified atom stereocenters. The molecule has 0 saturated carbocycles. The minimum absolute atomic E-state index is 0.00922. The summed E-state index contributed by atoms with van der Waals surface area (Å²) < 4.78 is 64.0. The van der Waals surface area contributed by atoms with Gasteiger partial charge in [0, 0.05) is 6.42 Å². The molecule has 0 aliphatic heterocycles. The first kappa shape index (κ1) is 46.7. The molecule has 0 aromatic rings. The van der Waals surface area contributed by atoms with Gasteiger partial charge in [-0.15, -0.1) is 0 Å². The quantitative estimate of drug-likeness (QED) is 0.0539. The van der Waals surface area contributed by atoms with E-state index in [9.17, 15) is 19.2 Å². The lowest BCUT2D eigenvalue weighted by atomic mass is 10.2. The van der Waals surface area contributed by atoms with Crippen molar-refractivity contribution >= 4 is 23.7 Å². The van der Waals surface area contributed by atoms with Crippen molar-refractivity contribution in [1.82, 2.24) is 0 Å². The maximum absolute atomic E-state index is 11.6. The molecule has 0 bridgehead atoms. The van der Waals surface area contributed by atoms with E-state index >= 15 is 0 Å². The SMILES string of the molecule is CC(C)(C)OC(=O)CCOCCOCCOCCOCCOCCOCCOCCOCCOCCOCCOC(=O)CCC(=O)C(=O)O. The normalized spacial score (nSPS) is 11.5. The summed E-state index contributed by atoms with van der Waals surface area (Å²) in [4.78, 5) is 44.2. The molecule has 0 saturated heterocycles. The van der Waals surface area contributed by atoms with Crippen LogP contribution in [0, 0.1) is 0 Å². The second kappa shape index (κ2) is 34.1. The molecule has 0 rings (SSSR count). The Balaban J connectivity index is 3.16. The summed E-state index contributed by atoms with van der Waals surface area (Å²) in [6.45, 7) is 13.7. The highest BCUT2D eigenvalue weighted by atomic mass is 16.6. The van der Waals surface area contributed by atoms with E-state index in [-0.39, 0.29) is 38.4 Å². The fourth-order valence-electron chi connectivity index (χ4n) is 3.24. The Bertz CT molecular complexity index is 818. The number of esters is 2. The number of aliphatic carboxylic acids is 1. The molecule has 17 heteroatoms. The van der Waals surface area contributed by atoms with Crippen LogP contribution in [0.2, 0.25) is 0 Å². The maximum atomic E-state index is 11.6. The first-order chi connectivity index (χ1) is 23.6. The van der Waals surface area contributed by atoms with Gasteiger partial charge in [0.15, 0.2) is 0 Å². The highest BCUT2D eigenvalue weighted by Crippen LogP contribution is 2.08. The van der Waals surface area contributed by atoms with Crippen molar-refractivity contribution < 1.29 is 81.1 Å². The van der Waals surface area contributed by atoms with Gasteiger partial charge in [0.1, 0.15) is 12.2 Å². The number of hydrogen-bond acceptors (Lipinski definition) is 16. The fraction of sp³-hybridized carbons (Fsp3) is 0.875. The first-order valence-corrected chi connectivity index (χ1v) is 16.5. The van der Waals surface area contributed by atoms with Crippen molar-refractivity contribution in [3.63, 3.8) is 0 Å². The molecule has 0 radical (unpaired) electrons. The van der Waals surface area contributed by atoms with E-state index in [0.717, 1.165) is 0 Å². The van der Waals surface area contributed by atoms with E-state index in [1.54, 1.807) is 0 Å². The van der Waals surface area contributed by atoms with Crippen LogP contribution >= 0.6 is 0 Å². The van der Waals surface area contributed by atoms with E-state index < -0.39 is 23.3 Å². The van der Waals surface area contributed by atoms with Crippen molar-refractivity contribution in [3.05, 3.63) is 0 Å². The van der Waals surface area contributed by atoms with Crippen LogP contribution in [0.3, 0.4) is 0 Å². The first-order valence-electron chi connectivity index (χ1n) is 16.5. The lowest BCUT2D eigenvalue weighted by molar-refractivity contribution is -0.156. The van der Waals surface area contributed by atoms with Crippen molar-refractivity contribution in [2.24, 2.45) is 0 Å². The summed E-state index contributed by atoms with van der Waals surface area (Å²) in [5.74, 6) is -3.52. The molecule has 0 amide bonds. The predicted molar refractivity (Wildman–Crippen MR) is 171 cm³/mol. The number of ketones is 1. The van der Waals surface area contributed by atoms with Crippen LogP contribution < -0.4 is 0 Å². The van der Waals surface area contributed by atoms with Gasteiger partial charge in [0.25, 0.3) is 0 Å². The summed E-state index contributed by atoms with van der Waals surface area (Å²) in [7, 11) is 0. The molecular weight excluding hydrogens is 656 g/mol. The zero-order valence-corrected chi connectivity index (χ0v) is 29.4. The van der Waals surface area contributed by atoms with E-state index in [2.05, 4.69) is 0 Å². The molecule has 1 N–H and O–H groups in total. The third-order valence-electron chi connectivity index (χ3n) is 5.50. The number of carbonyl (C=O) groups is 4. The van der Waals surface area contributed by atoms with Crippen molar-refractivity contribution in [1.29, 1.82) is 0 Å². The lowest BCUT2D eigenvalue weighted by Gasteiger charge is -2.19. The summed E-state index contributed by atoms with van der Waals surface area (Å²) in [6.07, 6.45) is -0.448. The third-order valence-corrected chi connectivity index (χ3v) is 5.50. The van der Waals surface area contributed by atoms with Crippen LogP contribution in [0.25, 0.3) is 0 Å². The minimum atomic E-state index is -1.57. The Kier molecular flexibility index (Phi) is 32.5. The van der Waals surface area contributed by atoms with Crippen LogP contribution in [0.4, 0.5) is 0 Å². The molecule has 0 aromatic carbocycles. The van der Waals surface area contributed by atoms with E-state index in [1.807, 2.05) is 20.8 Å². The van der Waals surface area contributed by atoms with Gasteiger partial charge in [-0.25, -0.2) is 4.79 Å². The number of carbonyl (C=O) groups excluding carboxylic acids is 3. The molecule has 0 atom stereocenters. The average Bonchev–Trinajstić information content (AvgIpc) is 3.04. The van der Waals surface area contributed by atoms with Crippen LogP contribution in [-0.4, -0.2) is 173 Å². The van der Waals surface area contributed by atoms with Gasteiger partial charge in [0.2, 0.25) is 5.78 Å². The highest BCUT2D eigenvalue weighted by Gasteiger charge is 2.16. The molecule has 17 nitrogen and oxygen atoms in total. The molecule has 49 heavy (non-hydrogen) atoms. The lowest BCUT2D eigenvalue weighted by Crippen LogP contribution is -2.24. The molecule has 0 heterocycles. The maximum Gasteiger partial charge on any atom is 0.372 e. The Morgan fingerprint density at radius 1 is 0.388 bits per heavy atom. The smallest absolute Gasteiger partial charge is 0.372 e. The molecule has 0 aromatic heterocycles. The number of carboxylic acid groups (broad SMARTS) is 1. The number of ether oxygens (including phenoxy) is 12. The monoisotopic (exact) mass is 714 g/mol. The molecule has 0 aliphatic rings. The summed E-state index contributed by atoms with van der Waals surface area (Å²) in [5, 5.41) is 8.44. The standard InChI is InChI=1S/C32H58O17/c1-32(2,3)49-30(35)6-7-38-8-9-39-10-11-40-12-13-41-14-15-42-16-17-43-18-19-44-20-21-45-22-23-46-24-25-47-26-27-48-29(34)5-4-28(33)31(36)37/h4-27H2,1-3H3,(H,36,37). The third kappa shape index (κ3) is 38.3. The van der Waals surface area contributed by atoms with Gasteiger partial charge in [-0.2, -0.15) is 0 Å². The number of rotatable bonds is 37. The van der Waals surface area contributed by atoms with Gasteiger partial charge in [-0.1, -0.05) is 0 Å². The van der Waals surface area contributed by atoms with Crippen molar-refractivity contribution in [3.8, 4) is 0 Å². The highest BCUT2D eigenvalue weighted by molar-refractivity contribution is 6.32. The van der Waals surface area contributed by atoms with E-state index in [0.29, 0.717) is 126 Å². The molecular formula is C32H58O17. The molecule has 288 valence electrons. The summed E-state index contributed by atoms with van der Waals surface area (Å²) >= 11 is 0. The topological polar surface area (TPSA) is 199 Å². The van der Waals surface area contributed by atoms with Crippen LogP contribution in [-0.2, 0) is 76.0 Å². The summed E-state index contributed by atoms with van der Waals surface area (Å²) in [6, 6.07) is 0. The van der Waals surface area contributed by atoms with Crippen molar-refractivity contribution in [2.45, 2.75) is 45.6 Å². The Morgan fingerprint density at radius 2 is 0.673 bits per heavy atom. The van der Waals surface area contributed by atoms with Gasteiger partial charge >= 0.3 is 17.9 Å². The fourth-order valence-corrected chi connectivity index (χ4v) is 3.24. The van der Waals surface area contributed by atoms with Gasteiger partial charge in [0.05, 0.1) is 145 Å². The second-order valence-electron chi connectivity index (χ2n) is 10.9. The van der Waals surface area contributed by atoms with E-state index in [4.69, 9.17) is 61.9 Å². The largest absolute Gasteiger partial charge is 0.476 e. The Morgan fingerprint density at radius 3 is 0.959 bits per heavy atom. The Hall–Kier alpha value is -2.32. The molecule has 0 spiro atoms. The number of Topliss-reactive ketones (excluding diaryl/α,β-unsaturated/α-hetero) is 1. The average molecular weight is 715 g/mol. The van der Waals surface area contributed by atoms with Gasteiger partial charge < -0.3 is 61.9 Å². The second-order valence-corrected chi connectivity index (χ2v) is 10.9. The van der Waals surface area contributed by atoms with E-state index in [1.165, 1.54) is 0 Å². The molecule has 0 aliphatic carbocycles. The predicted octanol–water partition coefficient (Wildman–Crippen LogP) is 0.861. The minimum Gasteiger partial charge on any atom is -0.476 e. The van der Waals surface area contributed by atoms with Crippen molar-refractivity contribution in [2.75, 3.05) is 139 Å². The zero-order chi connectivity index (χ0) is 36.3. The zero-order valence-electron chi connectivity index (χ0n) is 29.4. The number of carboxylic acids is 1. The van der Waals surface area contributed by atoms with Crippen LogP contribution in [0.1, 0.15) is 40.0 Å². The van der Waals surface area contributed by atoms with Crippen LogP contribution in [0.5, 0.6) is 0 Å².